The van der Waals surface area contributed by atoms with Crippen molar-refractivity contribution in [3.8, 4) is 5.75 Å². The number of rotatable bonds is 4. The lowest BCUT2D eigenvalue weighted by Gasteiger charge is -2.35. The summed E-state index contributed by atoms with van der Waals surface area (Å²) < 4.78 is 18.9. The second kappa shape index (κ2) is 8.22. The lowest BCUT2D eigenvalue weighted by Crippen LogP contribution is -2.39. The second-order valence-electron chi connectivity index (χ2n) is 7.59. The maximum absolute atomic E-state index is 13.6. The molecule has 0 saturated carbocycles. The average molecular weight is 406 g/mol. The number of amides is 1. The first kappa shape index (κ1) is 20.0. The summed E-state index contributed by atoms with van der Waals surface area (Å²) in [6.07, 6.45) is 1.89. The molecule has 2 atom stereocenters. The molecule has 4 rings (SSSR count). The molecule has 0 saturated heterocycles. The highest BCUT2D eigenvalue weighted by molar-refractivity contribution is 6.13. The minimum absolute atomic E-state index is 0.0110. The second-order valence-corrected chi connectivity index (χ2v) is 7.59. The number of nitrogens with one attached hydrogen (secondary N) is 1. The van der Waals surface area contributed by atoms with E-state index in [1.165, 1.54) is 19.2 Å². The van der Waals surface area contributed by atoms with Crippen LogP contribution in [-0.2, 0) is 9.59 Å². The molecular formula is C24H23FN2O3. The number of Topliss-reactive ketones (excluding diaryl/α,β-unsaturated/α-hetero) is 1. The highest BCUT2D eigenvalue weighted by atomic mass is 19.1. The van der Waals surface area contributed by atoms with Crippen LogP contribution in [0.1, 0.15) is 37.7 Å². The van der Waals surface area contributed by atoms with Crippen molar-refractivity contribution in [1.29, 1.82) is 0 Å². The molecule has 5 nitrogen and oxygen atoms in total. The minimum atomic E-state index is -0.679. The number of halogens is 1. The summed E-state index contributed by atoms with van der Waals surface area (Å²) in [5.41, 5.74) is 3.25. The zero-order valence-corrected chi connectivity index (χ0v) is 16.9. The third-order valence-electron chi connectivity index (χ3n) is 5.71. The molecular weight excluding hydrogens is 383 g/mol. The van der Waals surface area contributed by atoms with E-state index in [0.717, 1.165) is 17.7 Å². The third-order valence-corrected chi connectivity index (χ3v) is 5.71. The molecule has 0 aromatic heterocycles. The third kappa shape index (κ3) is 3.65. The molecule has 1 aliphatic carbocycles. The van der Waals surface area contributed by atoms with E-state index in [-0.39, 0.29) is 17.5 Å². The predicted molar refractivity (Wildman–Crippen MR) is 113 cm³/mol. The van der Waals surface area contributed by atoms with Crippen molar-refractivity contribution in [3.63, 3.8) is 0 Å². The minimum Gasteiger partial charge on any atom is -0.495 e. The Balaban J connectivity index is 1.77. The number of para-hydroxylation sites is 2. The Morgan fingerprint density at radius 1 is 1.13 bits per heavy atom. The Kier molecular flexibility index (Phi) is 5.48. The van der Waals surface area contributed by atoms with Gasteiger partial charge in [-0.1, -0.05) is 24.3 Å². The average Bonchev–Trinajstić information content (AvgIpc) is 2.74. The van der Waals surface area contributed by atoms with Gasteiger partial charge in [0.1, 0.15) is 11.6 Å². The topological polar surface area (TPSA) is 67.8 Å². The van der Waals surface area contributed by atoms with Gasteiger partial charge in [-0.25, -0.2) is 4.39 Å². The summed E-state index contributed by atoms with van der Waals surface area (Å²) in [6.45, 7) is 1.81. The van der Waals surface area contributed by atoms with Crippen molar-refractivity contribution in [1.82, 2.24) is 0 Å². The molecule has 1 heterocycles. The number of aliphatic imine (C=N–C) groups is 1. The van der Waals surface area contributed by atoms with E-state index in [0.29, 0.717) is 35.6 Å². The van der Waals surface area contributed by atoms with Crippen LogP contribution in [0.5, 0.6) is 5.75 Å². The van der Waals surface area contributed by atoms with Crippen LogP contribution in [0.4, 0.5) is 10.1 Å². The number of carbonyl (C=O) groups excluding carboxylic acids is 2. The van der Waals surface area contributed by atoms with Gasteiger partial charge in [-0.15, -0.1) is 0 Å². The van der Waals surface area contributed by atoms with Crippen molar-refractivity contribution >= 4 is 23.1 Å². The number of anilines is 1. The monoisotopic (exact) mass is 406 g/mol. The van der Waals surface area contributed by atoms with Crippen molar-refractivity contribution in [3.05, 3.63) is 71.2 Å². The lowest BCUT2D eigenvalue weighted by molar-refractivity contribution is -0.119. The van der Waals surface area contributed by atoms with Gasteiger partial charge in [-0.2, -0.15) is 0 Å². The summed E-state index contributed by atoms with van der Waals surface area (Å²) in [5.74, 6) is -1.26. The number of methoxy groups -OCH3 is 1. The Hall–Kier alpha value is -3.28. The molecule has 0 bridgehead atoms. The number of allylic oxidation sites excluding steroid dienone is 2. The SMILES string of the molecule is COc1ccccc1NC(=O)C1C(C)=NC2=C(C(=O)CCC2)[C@H]1c1ccc(F)cc1. The number of nitrogens with zero attached hydrogens (tertiary/aromatic N) is 1. The fourth-order valence-electron chi connectivity index (χ4n) is 4.33. The van der Waals surface area contributed by atoms with E-state index in [2.05, 4.69) is 10.3 Å². The Morgan fingerprint density at radius 3 is 2.60 bits per heavy atom. The highest BCUT2D eigenvalue weighted by Crippen LogP contribution is 2.43. The first-order chi connectivity index (χ1) is 14.5. The zero-order valence-electron chi connectivity index (χ0n) is 16.9. The fourth-order valence-corrected chi connectivity index (χ4v) is 4.33. The summed E-state index contributed by atoms with van der Waals surface area (Å²) in [5, 5.41) is 2.93. The number of benzene rings is 2. The van der Waals surface area contributed by atoms with Gasteiger partial charge < -0.3 is 10.1 Å². The summed E-state index contributed by atoms with van der Waals surface area (Å²) in [4.78, 5) is 30.9. The van der Waals surface area contributed by atoms with Gasteiger partial charge in [-0.05, 0) is 49.6 Å². The normalized spacial score (nSPS) is 21.0. The molecule has 30 heavy (non-hydrogen) atoms. The smallest absolute Gasteiger partial charge is 0.234 e. The van der Waals surface area contributed by atoms with E-state index < -0.39 is 11.8 Å². The number of carbonyl (C=O) groups is 2. The molecule has 0 radical (unpaired) electrons. The molecule has 6 heteroatoms. The van der Waals surface area contributed by atoms with Gasteiger partial charge in [0.25, 0.3) is 0 Å². The molecule has 0 fully saturated rings. The Bertz CT molecular complexity index is 1060. The van der Waals surface area contributed by atoms with Crippen LogP contribution in [-0.4, -0.2) is 24.5 Å². The van der Waals surface area contributed by atoms with E-state index in [1.54, 1.807) is 24.3 Å². The van der Waals surface area contributed by atoms with Crippen LogP contribution in [0.3, 0.4) is 0 Å². The Morgan fingerprint density at radius 2 is 1.87 bits per heavy atom. The van der Waals surface area contributed by atoms with Crippen LogP contribution >= 0.6 is 0 Å². The lowest BCUT2D eigenvalue weighted by atomic mass is 9.71. The number of ketones is 1. The van der Waals surface area contributed by atoms with Crippen LogP contribution < -0.4 is 10.1 Å². The van der Waals surface area contributed by atoms with Crippen LogP contribution in [0.15, 0.2) is 64.8 Å². The van der Waals surface area contributed by atoms with Crippen molar-refractivity contribution in [2.24, 2.45) is 10.9 Å². The van der Waals surface area contributed by atoms with E-state index in [4.69, 9.17) is 4.74 Å². The predicted octanol–water partition coefficient (Wildman–Crippen LogP) is 4.65. The molecule has 1 aliphatic heterocycles. The molecule has 1 amide bonds. The molecule has 1 unspecified atom stereocenters. The van der Waals surface area contributed by atoms with Crippen molar-refractivity contribution in [2.75, 3.05) is 12.4 Å². The Labute approximate surface area is 174 Å². The molecule has 154 valence electrons. The van der Waals surface area contributed by atoms with E-state index >= 15 is 0 Å². The number of ether oxygens (including phenoxy) is 1. The van der Waals surface area contributed by atoms with Gasteiger partial charge in [0.05, 0.1) is 18.7 Å². The molecule has 2 aliphatic rings. The molecule has 2 aromatic rings. The summed E-state index contributed by atoms with van der Waals surface area (Å²) in [6, 6.07) is 13.2. The van der Waals surface area contributed by atoms with E-state index in [1.807, 2.05) is 19.1 Å². The van der Waals surface area contributed by atoms with Gasteiger partial charge >= 0.3 is 0 Å². The quantitative estimate of drug-likeness (QED) is 0.803. The van der Waals surface area contributed by atoms with Gasteiger partial charge in [0.2, 0.25) is 5.91 Å². The standard InChI is InChI=1S/C24H23FN2O3/c1-14-21(24(29)27-17-6-3-4-9-20(17)30-2)22(15-10-12-16(25)13-11-15)23-18(26-14)7-5-8-19(23)28/h3-4,6,9-13,21-22H,5,7-8H2,1-2H3,(H,27,29)/t21?,22-/m0/s1. The maximum Gasteiger partial charge on any atom is 0.234 e. The first-order valence-corrected chi connectivity index (χ1v) is 10.0. The molecule has 1 N–H and O–H groups in total. The van der Waals surface area contributed by atoms with Crippen LogP contribution in [0.2, 0.25) is 0 Å². The highest BCUT2D eigenvalue weighted by Gasteiger charge is 2.42. The van der Waals surface area contributed by atoms with Crippen molar-refractivity contribution in [2.45, 2.75) is 32.1 Å². The van der Waals surface area contributed by atoms with Crippen molar-refractivity contribution < 1.29 is 18.7 Å². The molecule has 2 aromatic carbocycles. The van der Waals surface area contributed by atoms with Gasteiger partial charge in [-0.3, -0.25) is 14.6 Å². The largest absolute Gasteiger partial charge is 0.495 e. The van der Waals surface area contributed by atoms with Crippen LogP contribution in [0, 0.1) is 11.7 Å². The maximum atomic E-state index is 13.6. The zero-order chi connectivity index (χ0) is 21.3. The summed E-state index contributed by atoms with van der Waals surface area (Å²) in [7, 11) is 1.54. The first-order valence-electron chi connectivity index (χ1n) is 10.0. The van der Waals surface area contributed by atoms with Gasteiger partial charge in [0, 0.05) is 29.3 Å². The summed E-state index contributed by atoms with van der Waals surface area (Å²) >= 11 is 0. The van der Waals surface area contributed by atoms with E-state index in [9.17, 15) is 14.0 Å². The fraction of sp³-hybridized carbons (Fsp3) is 0.292. The number of hydrogen-bond donors (Lipinski definition) is 1. The molecule has 0 spiro atoms. The van der Waals surface area contributed by atoms with Crippen LogP contribution in [0.25, 0.3) is 0 Å². The van der Waals surface area contributed by atoms with Gasteiger partial charge in [0.15, 0.2) is 5.78 Å². The number of hydrogen-bond acceptors (Lipinski definition) is 4.